The van der Waals surface area contributed by atoms with E-state index in [1.165, 1.54) is 4.90 Å². The van der Waals surface area contributed by atoms with Crippen molar-refractivity contribution in [1.29, 1.82) is 0 Å². The van der Waals surface area contributed by atoms with E-state index >= 15 is 0 Å². The summed E-state index contributed by atoms with van der Waals surface area (Å²) in [5.74, 6) is 0.495. The Morgan fingerprint density at radius 1 is 1.03 bits per heavy atom. The van der Waals surface area contributed by atoms with Crippen LogP contribution in [0.3, 0.4) is 0 Å². The van der Waals surface area contributed by atoms with Crippen LogP contribution in [0.4, 0.5) is 0 Å². The molecule has 2 aromatic rings. The maximum atomic E-state index is 13.4. The van der Waals surface area contributed by atoms with E-state index in [1.54, 1.807) is 37.4 Å². The number of ether oxygens (including phenoxy) is 4. The normalized spacial score (nSPS) is 18.1. The second kappa shape index (κ2) is 12.9. The number of unbranched alkanes of at least 4 members (excludes halogenated alkanes) is 1. The van der Waals surface area contributed by atoms with Gasteiger partial charge < -0.3 is 33.9 Å². The molecular formula is C30H38N2O7. The third-order valence-electron chi connectivity index (χ3n) is 7.17. The number of fused-ring (bicyclic) bond motifs is 1. The minimum Gasteiger partial charge on any atom is -0.507 e. The van der Waals surface area contributed by atoms with Gasteiger partial charge in [-0.05, 0) is 55.4 Å². The van der Waals surface area contributed by atoms with Crippen molar-refractivity contribution in [3.63, 3.8) is 0 Å². The van der Waals surface area contributed by atoms with Gasteiger partial charge in [0.05, 0.1) is 25.3 Å². The summed E-state index contributed by atoms with van der Waals surface area (Å²) in [6, 6.07) is 9.58. The fraction of sp³-hybridized carbons (Fsp3) is 0.467. The molecule has 1 unspecified atom stereocenters. The fourth-order valence-electron chi connectivity index (χ4n) is 4.89. The first-order valence-corrected chi connectivity index (χ1v) is 13.6. The lowest BCUT2D eigenvalue weighted by atomic mass is 9.94. The maximum Gasteiger partial charge on any atom is 0.295 e. The van der Waals surface area contributed by atoms with Gasteiger partial charge in [0.15, 0.2) is 23.0 Å². The molecule has 210 valence electrons. The highest BCUT2D eigenvalue weighted by atomic mass is 16.6. The summed E-state index contributed by atoms with van der Waals surface area (Å²) in [7, 11) is 1.55. The van der Waals surface area contributed by atoms with Gasteiger partial charge >= 0.3 is 0 Å². The Labute approximate surface area is 229 Å². The van der Waals surface area contributed by atoms with Crippen molar-refractivity contribution < 1.29 is 33.6 Å². The van der Waals surface area contributed by atoms with Gasteiger partial charge in [-0.2, -0.15) is 0 Å². The molecule has 2 heterocycles. The van der Waals surface area contributed by atoms with E-state index in [-0.39, 0.29) is 11.3 Å². The van der Waals surface area contributed by atoms with Gasteiger partial charge in [0, 0.05) is 18.7 Å². The van der Waals surface area contributed by atoms with E-state index in [9.17, 15) is 14.7 Å². The second-order valence-electron chi connectivity index (χ2n) is 9.49. The first kappa shape index (κ1) is 28.3. The highest BCUT2D eigenvalue weighted by Gasteiger charge is 2.46. The summed E-state index contributed by atoms with van der Waals surface area (Å²) in [4.78, 5) is 30.5. The molecule has 0 saturated carbocycles. The van der Waals surface area contributed by atoms with Crippen molar-refractivity contribution in [3.05, 3.63) is 53.1 Å². The number of hydrogen-bond donors (Lipinski definition) is 1. The van der Waals surface area contributed by atoms with E-state index < -0.39 is 17.7 Å². The number of methoxy groups -OCH3 is 1. The smallest absolute Gasteiger partial charge is 0.295 e. The Balaban J connectivity index is 1.78. The van der Waals surface area contributed by atoms with Crippen molar-refractivity contribution in [2.45, 2.75) is 39.7 Å². The van der Waals surface area contributed by atoms with E-state index in [4.69, 9.17) is 18.9 Å². The Kier molecular flexibility index (Phi) is 9.35. The average molecular weight is 539 g/mol. The van der Waals surface area contributed by atoms with Crippen LogP contribution >= 0.6 is 0 Å². The first-order chi connectivity index (χ1) is 18.9. The average Bonchev–Trinajstić information content (AvgIpc) is 3.22. The van der Waals surface area contributed by atoms with Crippen molar-refractivity contribution >= 4 is 17.4 Å². The summed E-state index contributed by atoms with van der Waals surface area (Å²) in [6.45, 7) is 10.1. The fourth-order valence-corrected chi connectivity index (χ4v) is 4.89. The van der Waals surface area contributed by atoms with Crippen LogP contribution < -0.4 is 18.9 Å². The van der Waals surface area contributed by atoms with Crippen LogP contribution in [0.15, 0.2) is 42.0 Å². The highest BCUT2D eigenvalue weighted by Crippen LogP contribution is 2.43. The second-order valence-corrected chi connectivity index (χ2v) is 9.49. The molecule has 4 rings (SSSR count). The van der Waals surface area contributed by atoms with E-state index in [1.807, 2.05) is 6.07 Å². The third-order valence-corrected chi connectivity index (χ3v) is 7.17. The van der Waals surface area contributed by atoms with Crippen LogP contribution in [0, 0.1) is 0 Å². The van der Waals surface area contributed by atoms with Crippen LogP contribution in [-0.2, 0) is 9.59 Å². The molecule has 9 nitrogen and oxygen atoms in total. The van der Waals surface area contributed by atoms with Gasteiger partial charge in [0.1, 0.15) is 19.0 Å². The molecule has 0 aromatic heterocycles. The molecule has 39 heavy (non-hydrogen) atoms. The Hall–Kier alpha value is -3.72. The molecule has 1 saturated heterocycles. The highest BCUT2D eigenvalue weighted by molar-refractivity contribution is 6.46. The Morgan fingerprint density at radius 3 is 2.46 bits per heavy atom. The lowest BCUT2D eigenvalue weighted by Crippen LogP contribution is -2.38. The monoisotopic (exact) mass is 538 g/mol. The lowest BCUT2D eigenvalue weighted by Gasteiger charge is -2.28. The van der Waals surface area contributed by atoms with Crippen LogP contribution in [0.5, 0.6) is 23.0 Å². The molecule has 0 spiro atoms. The summed E-state index contributed by atoms with van der Waals surface area (Å²) < 4.78 is 22.8. The molecule has 0 radical (unpaired) electrons. The number of aliphatic hydroxyl groups excluding tert-OH is 1. The van der Waals surface area contributed by atoms with Gasteiger partial charge in [-0.1, -0.05) is 33.3 Å². The van der Waals surface area contributed by atoms with Gasteiger partial charge in [0.25, 0.3) is 11.7 Å². The lowest BCUT2D eigenvalue weighted by molar-refractivity contribution is -0.140. The number of carbonyl (C=O) groups is 2. The largest absolute Gasteiger partial charge is 0.507 e. The molecule has 9 heteroatoms. The van der Waals surface area contributed by atoms with E-state index in [0.29, 0.717) is 67.0 Å². The Morgan fingerprint density at radius 2 is 1.77 bits per heavy atom. The zero-order valence-corrected chi connectivity index (χ0v) is 23.2. The molecule has 1 fully saturated rings. The zero-order valence-electron chi connectivity index (χ0n) is 23.2. The van der Waals surface area contributed by atoms with Crippen molar-refractivity contribution in [1.82, 2.24) is 9.80 Å². The number of hydrogen-bond acceptors (Lipinski definition) is 8. The molecule has 0 bridgehead atoms. The summed E-state index contributed by atoms with van der Waals surface area (Å²) in [6.07, 6.45) is 1.91. The molecule has 2 aliphatic rings. The van der Waals surface area contributed by atoms with Gasteiger partial charge in [-0.3, -0.25) is 9.59 Å². The molecule has 2 aliphatic heterocycles. The van der Waals surface area contributed by atoms with Crippen LogP contribution in [0.2, 0.25) is 0 Å². The van der Waals surface area contributed by atoms with Gasteiger partial charge in [-0.25, -0.2) is 0 Å². The quantitative estimate of drug-likeness (QED) is 0.184. The van der Waals surface area contributed by atoms with Crippen molar-refractivity contribution in [2.75, 3.05) is 53.1 Å². The number of rotatable bonds is 12. The van der Waals surface area contributed by atoms with Gasteiger partial charge in [-0.15, -0.1) is 0 Å². The molecule has 1 amide bonds. The van der Waals surface area contributed by atoms with Crippen LogP contribution in [-0.4, -0.2) is 79.7 Å². The molecule has 1 N–H and O–H groups in total. The van der Waals surface area contributed by atoms with Gasteiger partial charge in [0.2, 0.25) is 0 Å². The van der Waals surface area contributed by atoms with Crippen LogP contribution in [0.25, 0.3) is 5.76 Å². The molecule has 1 atom stereocenters. The van der Waals surface area contributed by atoms with E-state index in [0.717, 1.165) is 25.9 Å². The number of Topliss-reactive ketones (excluding diaryl/α,β-unsaturated/α-hetero) is 1. The number of nitrogens with zero attached hydrogens (tertiary/aromatic N) is 2. The number of likely N-dealkylation sites (N-methyl/N-ethyl adjacent to an activating group) is 1. The Bertz CT molecular complexity index is 1220. The van der Waals surface area contributed by atoms with Crippen molar-refractivity contribution in [2.24, 2.45) is 0 Å². The van der Waals surface area contributed by atoms with Crippen LogP contribution in [0.1, 0.15) is 50.8 Å². The SMILES string of the molecule is CCCCOc1ccc(C2/C(=C(/O)c3ccc4c(c3)OCCO4)C(=O)C(=O)N2CCN(CC)CC)cc1OC. The predicted octanol–water partition coefficient (Wildman–Crippen LogP) is 4.41. The molecule has 2 aromatic carbocycles. The third kappa shape index (κ3) is 5.98. The summed E-state index contributed by atoms with van der Waals surface area (Å²) in [5, 5.41) is 11.5. The number of carbonyl (C=O) groups excluding carboxylic acids is 2. The molecular weight excluding hydrogens is 500 g/mol. The minimum atomic E-state index is -0.799. The number of aliphatic hydroxyl groups is 1. The topological polar surface area (TPSA) is 97.8 Å². The standard InChI is InChI=1S/C30H38N2O7/c1-5-8-15-37-22-11-9-20(18-24(22)36-4)27-26(29(34)30(35)32(27)14-13-31(6-2)7-3)28(33)21-10-12-23-25(19-21)39-17-16-38-23/h9-12,18-19,27,33H,5-8,13-17H2,1-4H3/b28-26-. The summed E-state index contributed by atoms with van der Waals surface area (Å²) >= 11 is 0. The minimum absolute atomic E-state index is 0.0259. The predicted molar refractivity (Wildman–Crippen MR) is 148 cm³/mol. The number of amides is 1. The van der Waals surface area contributed by atoms with Crippen molar-refractivity contribution in [3.8, 4) is 23.0 Å². The first-order valence-electron chi connectivity index (χ1n) is 13.6. The number of likely N-dealkylation sites (tertiary alicyclic amines) is 1. The maximum absolute atomic E-state index is 13.4. The number of benzene rings is 2. The summed E-state index contributed by atoms with van der Waals surface area (Å²) in [5.41, 5.74) is 1.04. The van der Waals surface area contributed by atoms with E-state index in [2.05, 4.69) is 25.7 Å². The zero-order chi connectivity index (χ0) is 27.9. The molecule has 0 aliphatic carbocycles. The number of ketones is 1.